The monoisotopic (exact) mass is 256 g/mol. The van der Waals surface area contributed by atoms with Gasteiger partial charge in [0.1, 0.15) is 0 Å². The highest BCUT2D eigenvalue weighted by atomic mass is 32.2. The molecule has 0 atom stereocenters. The Balaban J connectivity index is 2.44. The summed E-state index contributed by atoms with van der Waals surface area (Å²) in [6.45, 7) is 0. The maximum absolute atomic E-state index is 11.2. The van der Waals surface area contributed by atoms with Crippen molar-refractivity contribution in [3.63, 3.8) is 0 Å². The quantitative estimate of drug-likeness (QED) is 0.829. The van der Waals surface area contributed by atoms with Crippen LogP contribution in [0, 0.1) is 4.84 Å². The Morgan fingerprint density at radius 3 is 2.38 bits per heavy atom. The molecule has 2 rings (SSSR count). The van der Waals surface area contributed by atoms with Gasteiger partial charge in [-0.2, -0.15) is 0 Å². The largest absolute Gasteiger partial charge is 0.409 e. The number of hydrogen-bond donors (Lipinski definition) is 1. The summed E-state index contributed by atoms with van der Waals surface area (Å²) in [5.41, 5.74) is 0.666. The normalized spacial score (nSPS) is 11.6. The van der Waals surface area contributed by atoms with Crippen molar-refractivity contribution in [1.82, 2.24) is 10.2 Å². The zero-order chi connectivity index (χ0) is 11.8. The average molecular weight is 256 g/mol. The first-order valence-corrected chi connectivity index (χ1v) is 6.63. The minimum Gasteiger partial charge on any atom is -0.409 e. The molecule has 2 aromatic rings. The van der Waals surface area contributed by atoms with Crippen LogP contribution in [0.15, 0.2) is 33.6 Å². The maximum Gasteiger partial charge on any atom is 0.284 e. The number of H-pyrrole nitrogens is 1. The van der Waals surface area contributed by atoms with Crippen LogP contribution in [0.2, 0.25) is 0 Å². The van der Waals surface area contributed by atoms with Gasteiger partial charge in [-0.3, -0.25) is 0 Å². The van der Waals surface area contributed by atoms with E-state index in [9.17, 15) is 8.42 Å². The molecular weight excluding hydrogens is 248 g/mol. The molecular formula is C9H8N2O3S2. The molecule has 0 radical (unpaired) electrons. The SMILES string of the molecule is CS(=O)(=O)c1ccc(-c2n[nH]c(=S)o2)cc1. The number of benzene rings is 1. The Hall–Kier alpha value is -1.47. The molecule has 0 bridgehead atoms. The van der Waals surface area contributed by atoms with E-state index >= 15 is 0 Å². The van der Waals surface area contributed by atoms with Crippen LogP contribution in [0.1, 0.15) is 0 Å². The first kappa shape index (κ1) is 11.0. The lowest BCUT2D eigenvalue weighted by atomic mass is 10.2. The topological polar surface area (TPSA) is 76.0 Å². The number of aromatic nitrogens is 2. The van der Waals surface area contributed by atoms with Gasteiger partial charge in [0.2, 0.25) is 5.89 Å². The molecule has 0 spiro atoms. The molecule has 0 saturated heterocycles. The van der Waals surface area contributed by atoms with Crippen molar-refractivity contribution in [3.8, 4) is 11.5 Å². The highest BCUT2D eigenvalue weighted by Gasteiger charge is 2.08. The predicted molar refractivity (Wildman–Crippen MR) is 60.2 cm³/mol. The van der Waals surface area contributed by atoms with Crippen molar-refractivity contribution in [2.75, 3.05) is 6.26 Å². The van der Waals surface area contributed by atoms with E-state index < -0.39 is 9.84 Å². The summed E-state index contributed by atoms with van der Waals surface area (Å²) in [6.07, 6.45) is 1.16. The molecule has 1 aromatic heterocycles. The lowest BCUT2D eigenvalue weighted by Crippen LogP contribution is -1.96. The molecule has 1 aromatic carbocycles. The highest BCUT2D eigenvalue weighted by Crippen LogP contribution is 2.19. The highest BCUT2D eigenvalue weighted by molar-refractivity contribution is 7.90. The van der Waals surface area contributed by atoms with Crippen LogP contribution in [0.5, 0.6) is 0 Å². The molecule has 7 heteroatoms. The number of nitrogens with zero attached hydrogens (tertiary/aromatic N) is 1. The van der Waals surface area contributed by atoms with Crippen LogP contribution in [-0.2, 0) is 9.84 Å². The zero-order valence-electron chi connectivity index (χ0n) is 8.30. The standard InChI is InChI=1S/C9H8N2O3S2/c1-16(12,13)7-4-2-6(3-5-7)8-10-11-9(15)14-8/h2-5H,1H3,(H,11,15). The van der Waals surface area contributed by atoms with E-state index in [1.807, 2.05) is 0 Å². The van der Waals surface area contributed by atoms with Gasteiger partial charge in [-0.25, -0.2) is 13.5 Å². The van der Waals surface area contributed by atoms with Crippen molar-refractivity contribution in [1.29, 1.82) is 0 Å². The molecule has 0 fully saturated rings. The molecule has 0 aliphatic carbocycles. The predicted octanol–water partition coefficient (Wildman–Crippen LogP) is 1.80. The third-order valence-electron chi connectivity index (χ3n) is 1.97. The van der Waals surface area contributed by atoms with Gasteiger partial charge < -0.3 is 4.42 Å². The number of aromatic amines is 1. The van der Waals surface area contributed by atoms with Crippen LogP contribution in [0.3, 0.4) is 0 Å². The van der Waals surface area contributed by atoms with Crippen LogP contribution in [0.4, 0.5) is 0 Å². The van der Waals surface area contributed by atoms with Gasteiger partial charge in [0.25, 0.3) is 4.84 Å². The third kappa shape index (κ3) is 2.20. The summed E-state index contributed by atoms with van der Waals surface area (Å²) in [5, 5.41) is 6.32. The second-order valence-electron chi connectivity index (χ2n) is 3.21. The number of sulfone groups is 1. The third-order valence-corrected chi connectivity index (χ3v) is 3.27. The van der Waals surface area contributed by atoms with Gasteiger partial charge >= 0.3 is 0 Å². The molecule has 0 aliphatic heterocycles. The molecule has 84 valence electrons. The molecule has 0 amide bonds. The van der Waals surface area contributed by atoms with Gasteiger partial charge in [-0.05, 0) is 36.5 Å². The smallest absolute Gasteiger partial charge is 0.284 e. The molecule has 16 heavy (non-hydrogen) atoms. The lowest BCUT2D eigenvalue weighted by Gasteiger charge is -1.98. The van der Waals surface area contributed by atoms with Crippen LogP contribution < -0.4 is 0 Å². The Morgan fingerprint density at radius 2 is 1.94 bits per heavy atom. The first-order chi connectivity index (χ1) is 7.47. The summed E-state index contributed by atoms with van der Waals surface area (Å²) >= 11 is 4.74. The Labute approximate surface area is 97.0 Å². The van der Waals surface area contributed by atoms with Gasteiger partial charge in [0, 0.05) is 11.8 Å². The van der Waals surface area contributed by atoms with E-state index in [4.69, 9.17) is 16.6 Å². The minimum atomic E-state index is -3.18. The number of nitrogens with one attached hydrogen (secondary N) is 1. The van der Waals surface area contributed by atoms with E-state index in [-0.39, 0.29) is 9.73 Å². The molecule has 0 saturated carbocycles. The fraction of sp³-hybridized carbons (Fsp3) is 0.111. The van der Waals surface area contributed by atoms with E-state index in [0.29, 0.717) is 11.5 Å². The Kier molecular flexibility index (Phi) is 2.64. The van der Waals surface area contributed by atoms with Crippen molar-refractivity contribution in [2.45, 2.75) is 4.90 Å². The molecule has 0 unspecified atom stereocenters. The summed E-state index contributed by atoms with van der Waals surface area (Å²) in [5.74, 6) is 0.338. The van der Waals surface area contributed by atoms with E-state index in [2.05, 4.69) is 10.2 Å². The Morgan fingerprint density at radius 1 is 1.31 bits per heavy atom. The number of rotatable bonds is 2. The number of hydrogen-bond acceptors (Lipinski definition) is 5. The van der Waals surface area contributed by atoms with Gasteiger partial charge in [0.15, 0.2) is 9.84 Å². The molecule has 5 nitrogen and oxygen atoms in total. The fourth-order valence-electron chi connectivity index (χ4n) is 1.20. The van der Waals surface area contributed by atoms with Crippen molar-refractivity contribution < 1.29 is 12.8 Å². The second kappa shape index (κ2) is 3.84. The van der Waals surface area contributed by atoms with Crippen LogP contribution in [0.25, 0.3) is 11.5 Å². The van der Waals surface area contributed by atoms with Gasteiger partial charge in [0.05, 0.1) is 4.90 Å². The van der Waals surface area contributed by atoms with Crippen LogP contribution >= 0.6 is 12.2 Å². The summed E-state index contributed by atoms with van der Waals surface area (Å²) < 4.78 is 27.5. The van der Waals surface area contributed by atoms with Crippen molar-refractivity contribution in [2.24, 2.45) is 0 Å². The average Bonchev–Trinajstić information content (AvgIpc) is 2.64. The molecule has 1 N–H and O–H groups in total. The summed E-state index contributed by atoms with van der Waals surface area (Å²) in [6, 6.07) is 6.23. The summed E-state index contributed by atoms with van der Waals surface area (Å²) in [4.78, 5) is 0.438. The second-order valence-corrected chi connectivity index (χ2v) is 5.60. The van der Waals surface area contributed by atoms with E-state index in [1.165, 1.54) is 12.1 Å². The van der Waals surface area contributed by atoms with Crippen molar-refractivity contribution >= 4 is 22.1 Å². The van der Waals surface area contributed by atoms with E-state index in [0.717, 1.165) is 6.26 Å². The van der Waals surface area contributed by atoms with Crippen molar-refractivity contribution in [3.05, 3.63) is 29.1 Å². The molecule has 1 heterocycles. The summed E-state index contributed by atoms with van der Waals surface area (Å²) in [7, 11) is -3.18. The van der Waals surface area contributed by atoms with Crippen LogP contribution in [-0.4, -0.2) is 24.9 Å². The molecule has 0 aliphatic rings. The Bertz CT molecular complexity index is 653. The maximum atomic E-state index is 11.2. The van der Waals surface area contributed by atoms with E-state index in [1.54, 1.807) is 12.1 Å². The zero-order valence-corrected chi connectivity index (χ0v) is 9.93. The van der Waals surface area contributed by atoms with Gasteiger partial charge in [-0.1, -0.05) is 0 Å². The van der Waals surface area contributed by atoms with Gasteiger partial charge in [-0.15, -0.1) is 5.10 Å². The minimum absolute atomic E-state index is 0.183. The lowest BCUT2D eigenvalue weighted by molar-refractivity contribution is 0.552. The first-order valence-electron chi connectivity index (χ1n) is 4.33. The fourth-order valence-corrected chi connectivity index (χ4v) is 1.95.